The van der Waals surface area contributed by atoms with Crippen LogP contribution in [0.15, 0.2) is 12.3 Å². The Morgan fingerprint density at radius 3 is 2.74 bits per heavy atom. The second-order valence-corrected chi connectivity index (χ2v) is 6.18. The highest BCUT2D eigenvalue weighted by Gasteiger charge is 2.27. The lowest BCUT2D eigenvalue weighted by Gasteiger charge is -2.20. The summed E-state index contributed by atoms with van der Waals surface area (Å²) in [6, 6.07) is 2.18. The first-order chi connectivity index (χ1) is 8.85. The number of aryl methyl sites for hydroxylation is 1. The first kappa shape index (κ1) is 13.8. The summed E-state index contributed by atoms with van der Waals surface area (Å²) in [7, 11) is 0. The van der Waals surface area contributed by atoms with Crippen molar-refractivity contribution in [2.24, 2.45) is 0 Å². The monoisotopic (exact) mass is 262 g/mol. The molecule has 0 atom stereocenters. The van der Waals surface area contributed by atoms with Crippen molar-refractivity contribution in [2.45, 2.75) is 58.6 Å². The number of aromatic nitrogens is 1. The molecule has 0 bridgehead atoms. The highest BCUT2D eigenvalue weighted by atomic mass is 16.6. The molecule has 19 heavy (non-hydrogen) atoms. The van der Waals surface area contributed by atoms with Crippen molar-refractivity contribution in [1.29, 1.82) is 0 Å². The van der Waals surface area contributed by atoms with Gasteiger partial charge >= 0.3 is 6.09 Å². The van der Waals surface area contributed by atoms with Crippen LogP contribution in [0.5, 0.6) is 0 Å². The van der Waals surface area contributed by atoms with Crippen molar-refractivity contribution in [2.75, 3.05) is 0 Å². The summed E-state index contributed by atoms with van der Waals surface area (Å²) in [5.74, 6) is 0.628. The zero-order valence-corrected chi connectivity index (χ0v) is 12.1. The normalized spacial score (nSPS) is 15.2. The van der Waals surface area contributed by atoms with Gasteiger partial charge in [0.05, 0.1) is 12.2 Å². The van der Waals surface area contributed by atoms with E-state index in [0.717, 1.165) is 5.69 Å². The van der Waals surface area contributed by atoms with E-state index >= 15 is 0 Å². The average Bonchev–Trinajstić information content (AvgIpc) is 3.08. The number of pyridine rings is 1. The maximum absolute atomic E-state index is 11.6. The molecule has 1 aliphatic carbocycles. The lowest BCUT2D eigenvalue weighted by Crippen LogP contribution is -2.32. The van der Waals surface area contributed by atoms with E-state index in [9.17, 15) is 4.79 Å². The molecule has 0 aromatic carbocycles. The van der Waals surface area contributed by atoms with Gasteiger partial charge in [0.1, 0.15) is 5.60 Å². The van der Waals surface area contributed by atoms with Crippen molar-refractivity contribution < 1.29 is 9.53 Å². The maximum atomic E-state index is 11.6. The molecular formula is C15H22N2O2. The third kappa shape index (κ3) is 4.23. The molecule has 0 aliphatic heterocycles. The van der Waals surface area contributed by atoms with Gasteiger partial charge in [-0.25, -0.2) is 4.79 Å². The van der Waals surface area contributed by atoms with Crippen LogP contribution in [-0.2, 0) is 11.3 Å². The van der Waals surface area contributed by atoms with Gasteiger partial charge in [0.25, 0.3) is 0 Å². The van der Waals surface area contributed by atoms with Crippen LogP contribution in [0.1, 0.15) is 56.4 Å². The quantitative estimate of drug-likeness (QED) is 0.909. The van der Waals surface area contributed by atoms with E-state index < -0.39 is 11.7 Å². The lowest BCUT2D eigenvalue weighted by atomic mass is 10.1. The molecule has 1 aliphatic rings. The number of rotatable bonds is 3. The van der Waals surface area contributed by atoms with Crippen molar-refractivity contribution in [1.82, 2.24) is 10.3 Å². The Hall–Kier alpha value is -1.58. The minimum Gasteiger partial charge on any atom is -0.444 e. The highest BCUT2D eigenvalue weighted by Crippen LogP contribution is 2.41. The van der Waals surface area contributed by atoms with E-state index in [2.05, 4.69) is 16.4 Å². The van der Waals surface area contributed by atoms with E-state index in [-0.39, 0.29) is 0 Å². The predicted molar refractivity (Wildman–Crippen MR) is 74.0 cm³/mol. The van der Waals surface area contributed by atoms with Gasteiger partial charge in [-0.05, 0) is 57.6 Å². The van der Waals surface area contributed by atoms with E-state index in [4.69, 9.17) is 4.74 Å². The molecule has 104 valence electrons. The van der Waals surface area contributed by atoms with Crippen LogP contribution >= 0.6 is 0 Å². The molecule has 1 fully saturated rings. The molecule has 1 aromatic rings. The second-order valence-electron chi connectivity index (χ2n) is 6.18. The van der Waals surface area contributed by atoms with Crippen LogP contribution in [0, 0.1) is 6.92 Å². The number of nitrogens with one attached hydrogen (secondary N) is 1. The molecule has 0 unspecified atom stereocenters. The molecular weight excluding hydrogens is 240 g/mol. The van der Waals surface area contributed by atoms with Gasteiger partial charge in [-0.3, -0.25) is 4.98 Å². The Morgan fingerprint density at radius 1 is 1.47 bits per heavy atom. The van der Waals surface area contributed by atoms with Gasteiger partial charge in [0.2, 0.25) is 0 Å². The van der Waals surface area contributed by atoms with Crippen molar-refractivity contribution in [3.63, 3.8) is 0 Å². The van der Waals surface area contributed by atoms with Crippen LogP contribution in [0.3, 0.4) is 0 Å². The van der Waals surface area contributed by atoms with Crippen molar-refractivity contribution in [3.05, 3.63) is 29.1 Å². The number of alkyl carbamates (subject to hydrolysis) is 1. The summed E-state index contributed by atoms with van der Waals surface area (Å²) >= 11 is 0. The van der Waals surface area contributed by atoms with Crippen LogP contribution < -0.4 is 5.32 Å². The molecule has 4 nitrogen and oxygen atoms in total. The Morgan fingerprint density at radius 2 is 2.16 bits per heavy atom. The number of hydrogen-bond acceptors (Lipinski definition) is 3. The number of hydrogen-bond donors (Lipinski definition) is 1. The largest absolute Gasteiger partial charge is 0.444 e. The summed E-state index contributed by atoms with van der Waals surface area (Å²) in [6.07, 6.45) is 3.91. The van der Waals surface area contributed by atoms with Gasteiger partial charge in [-0.2, -0.15) is 0 Å². The molecule has 1 amide bonds. The number of carbonyl (C=O) groups excluding carboxylic acids is 1. The minimum atomic E-state index is -0.468. The lowest BCUT2D eigenvalue weighted by molar-refractivity contribution is 0.0523. The van der Waals surface area contributed by atoms with Gasteiger partial charge in [-0.1, -0.05) is 6.07 Å². The zero-order valence-electron chi connectivity index (χ0n) is 12.1. The first-order valence-electron chi connectivity index (χ1n) is 6.77. The van der Waals surface area contributed by atoms with Crippen LogP contribution in [0.4, 0.5) is 4.79 Å². The summed E-state index contributed by atoms with van der Waals surface area (Å²) < 4.78 is 5.22. The molecule has 1 aromatic heterocycles. The predicted octanol–water partition coefficient (Wildman–Crippen LogP) is 3.29. The van der Waals surface area contributed by atoms with Crippen LogP contribution in [0.2, 0.25) is 0 Å². The van der Waals surface area contributed by atoms with E-state index in [1.165, 1.54) is 24.0 Å². The molecule has 0 radical (unpaired) electrons. The van der Waals surface area contributed by atoms with Crippen molar-refractivity contribution in [3.8, 4) is 0 Å². The molecule has 2 rings (SSSR count). The van der Waals surface area contributed by atoms with E-state index in [1.54, 1.807) is 0 Å². The fourth-order valence-electron chi connectivity index (χ4n) is 1.99. The van der Waals surface area contributed by atoms with E-state index in [1.807, 2.05) is 33.9 Å². The second kappa shape index (κ2) is 5.19. The van der Waals surface area contributed by atoms with Gasteiger partial charge in [-0.15, -0.1) is 0 Å². The molecule has 1 saturated carbocycles. The third-order valence-electron chi connectivity index (χ3n) is 2.96. The summed E-state index contributed by atoms with van der Waals surface area (Å²) in [4.78, 5) is 16.1. The topological polar surface area (TPSA) is 51.2 Å². The van der Waals surface area contributed by atoms with Gasteiger partial charge in [0.15, 0.2) is 0 Å². The Bertz CT molecular complexity index is 474. The number of carbonyl (C=O) groups is 1. The molecule has 0 saturated heterocycles. The number of ether oxygens (including phenoxy) is 1. The minimum absolute atomic E-state index is 0.392. The fraction of sp³-hybridized carbons (Fsp3) is 0.600. The summed E-state index contributed by atoms with van der Waals surface area (Å²) in [6.45, 7) is 8.04. The maximum Gasteiger partial charge on any atom is 0.407 e. The fourth-order valence-corrected chi connectivity index (χ4v) is 1.99. The van der Waals surface area contributed by atoms with Crippen molar-refractivity contribution >= 4 is 6.09 Å². The molecule has 1 N–H and O–H groups in total. The molecule has 1 heterocycles. The summed E-state index contributed by atoms with van der Waals surface area (Å²) in [5.41, 5.74) is 2.93. The van der Waals surface area contributed by atoms with E-state index in [0.29, 0.717) is 12.5 Å². The number of nitrogens with zero attached hydrogens (tertiary/aromatic N) is 1. The smallest absolute Gasteiger partial charge is 0.407 e. The number of amides is 1. The SMILES string of the molecule is Cc1cnc(CNC(=O)OC(C)(C)C)c(C2CC2)c1. The highest BCUT2D eigenvalue weighted by molar-refractivity contribution is 5.67. The molecule has 4 heteroatoms. The average molecular weight is 262 g/mol. The first-order valence-corrected chi connectivity index (χ1v) is 6.77. The molecule has 0 spiro atoms. The van der Waals surface area contributed by atoms with Crippen LogP contribution in [0.25, 0.3) is 0 Å². The third-order valence-corrected chi connectivity index (χ3v) is 2.96. The zero-order chi connectivity index (χ0) is 14.0. The Balaban J connectivity index is 1.98. The van der Waals surface area contributed by atoms with Gasteiger partial charge < -0.3 is 10.1 Å². The summed E-state index contributed by atoms with van der Waals surface area (Å²) in [5, 5.41) is 2.77. The van der Waals surface area contributed by atoms with Gasteiger partial charge in [0, 0.05) is 6.20 Å². The standard InChI is InChI=1S/C15H22N2O2/c1-10-7-12(11-5-6-11)13(16-8-10)9-17-14(18)19-15(2,3)4/h7-8,11H,5-6,9H2,1-4H3,(H,17,18). The van der Waals surface area contributed by atoms with Crippen LogP contribution in [-0.4, -0.2) is 16.7 Å². The Kier molecular flexibility index (Phi) is 3.78. The Labute approximate surface area is 114 Å².